The Bertz CT molecular complexity index is 2780. The van der Waals surface area contributed by atoms with Crippen molar-refractivity contribution in [2.75, 3.05) is 27.2 Å². The second kappa shape index (κ2) is 28.3. The van der Waals surface area contributed by atoms with Crippen molar-refractivity contribution in [3.63, 3.8) is 0 Å². The number of likely N-dealkylation sites (N-methyl/N-ethyl adjacent to an activating group) is 2. The number of carbonyl (C=O) groups excluding carboxylic acids is 9. The Balaban J connectivity index is 1.19. The lowest BCUT2D eigenvalue weighted by Gasteiger charge is -2.36. The fourth-order valence-electron chi connectivity index (χ4n) is 12.1. The zero-order valence-electron chi connectivity index (χ0n) is 52.0. The van der Waals surface area contributed by atoms with Crippen LogP contribution in [0.15, 0.2) is 66.7 Å². The molecule has 20 nitrogen and oxygen atoms in total. The predicted molar refractivity (Wildman–Crippen MR) is 326 cm³/mol. The van der Waals surface area contributed by atoms with Crippen molar-refractivity contribution in [3.05, 3.63) is 106 Å². The molecule has 0 aromatic heterocycles. The molecule has 11 atom stereocenters. The first-order valence-electron chi connectivity index (χ1n) is 30.6. The van der Waals surface area contributed by atoms with Crippen molar-refractivity contribution in [1.29, 1.82) is 0 Å². The third-order valence-corrected chi connectivity index (χ3v) is 17.4. The molecule has 7 rings (SSSR count). The number of hydrogen-bond acceptors (Lipinski definition) is 11. The van der Waals surface area contributed by atoms with Gasteiger partial charge in [-0.2, -0.15) is 0 Å². The van der Waals surface area contributed by atoms with Gasteiger partial charge in [0.05, 0.1) is 24.2 Å². The maximum Gasteiger partial charge on any atom is 0.251 e. The Morgan fingerprint density at radius 1 is 0.541 bits per heavy atom. The SMILES string of the molecule is CCCC[C@@H](C)NC(=O)c1cc(C(=O)N[C@H]2C[C@@H](C(=O)N[C@@H]3CCCc4ccccc43)N(C(=O)[C@@H](NC(=O)[C@H](C)NC)C(C)(C)C)C2)cc(C(=O)N[C@H]2C[C@@H](C(=O)N[C@@H]3CCCc4ccccc43)N(C(=O)[C@@H](NC(=O)[C@H](C)NC)C(C)(C)C)C2)c1. The monoisotopic (exact) mass is 1170 g/mol. The quantitative estimate of drug-likeness (QED) is 0.0681. The average molecular weight is 1170 g/mol. The van der Waals surface area contributed by atoms with Crippen molar-refractivity contribution < 1.29 is 43.2 Å². The summed E-state index contributed by atoms with van der Waals surface area (Å²) in [6.45, 7) is 18.1. The van der Waals surface area contributed by atoms with Crippen LogP contribution in [0.2, 0.25) is 0 Å². The topological polar surface area (TPSA) is 268 Å². The molecule has 2 aliphatic carbocycles. The van der Waals surface area contributed by atoms with Gasteiger partial charge in [-0.1, -0.05) is 110 Å². The summed E-state index contributed by atoms with van der Waals surface area (Å²) in [6.07, 6.45) is 7.34. The Morgan fingerprint density at radius 2 is 0.929 bits per heavy atom. The van der Waals surface area contributed by atoms with E-state index in [4.69, 9.17) is 0 Å². The lowest BCUT2D eigenvalue weighted by atomic mass is 9.85. The molecule has 2 heterocycles. The number of amides is 9. The standard InChI is InChI=1S/C65H93N11O9/c1-13-14-21-37(2)68-57(79)42-30-43(58(80)69-45-33-51(60(82)71-49-28-19-24-40-22-15-17-26-47(40)49)75(35-45)62(84)53(64(5,6)7)73-55(77)38(3)66-11)32-44(31-42)59(81)70-46-34-52(61(83)72-50-29-20-25-41-23-16-18-27-48(41)50)76(36-46)63(85)54(65(8,9)10)74-56(78)39(4)67-12/h15-18,22-23,26-27,30-32,37-39,45-46,49-54,66-67H,13-14,19-21,24-25,28-29,33-36H2,1-12H3,(H,68,79)(H,69,80)(H,70,81)(H,71,82)(H,72,83)(H,73,77)(H,74,78)/t37-,38+,39+,45+,46+,49-,50-,51+,52+,53-,54-/m1/s1. The van der Waals surface area contributed by atoms with E-state index in [1.807, 2.05) is 97.0 Å². The van der Waals surface area contributed by atoms with E-state index in [2.05, 4.69) is 54.8 Å². The molecule has 0 bridgehead atoms. The zero-order valence-corrected chi connectivity index (χ0v) is 52.0. The van der Waals surface area contributed by atoms with Gasteiger partial charge in [0.2, 0.25) is 35.4 Å². The van der Waals surface area contributed by atoms with Crippen LogP contribution in [-0.2, 0) is 41.6 Å². The molecule has 2 aliphatic heterocycles. The van der Waals surface area contributed by atoms with Crippen molar-refractivity contribution in [1.82, 2.24) is 57.7 Å². The van der Waals surface area contributed by atoms with Gasteiger partial charge in [0, 0.05) is 47.9 Å². The Hall–Kier alpha value is -7.19. The van der Waals surface area contributed by atoms with Gasteiger partial charge in [0.1, 0.15) is 24.2 Å². The third-order valence-electron chi connectivity index (χ3n) is 17.4. The van der Waals surface area contributed by atoms with E-state index in [1.165, 1.54) is 28.0 Å². The van der Waals surface area contributed by atoms with Crippen LogP contribution in [0.5, 0.6) is 0 Å². The number of rotatable bonds is 21. The number of nitrogens with zero attached hydrogens (tertiary/aromatic N) is 2. The highest BCUT2D eigenvalue weighted by Crippen LogP contribution is 2.34. The molecule has 3 aromatic carbocycles. The maximum absolute atomic E-state index is 14.9. The van der Waals surface area contributed by atoms with Gasteiger partial charge in [-0.3, -0.25) is 43.2 Å². The molecule has 20 heteroatoms. The number of hydrogen-bond donors (Lipinski definition) is 9. The van der Waals surface area contributed by atoms with Crippen LogP contribution in [0.25, 0.3) is 0 Å². The van der Waals surface area contributed by atoms with Crippen LogP contribution in [0.3, 0.4) is 0 Å². The fraction of sp³-hybridized carbons (Fsp3) is 0.585. The Kier molecular flexibility index (Phi) is 21.8. The van der Waals surface area contributed by atoms with Gasteiger partial charge < -0.3 is 57.7 Å². The van der Waals surface area contributed by atoms with E-state index >= 15 is 0 Å². The maximum atomic E-state index is 14.9. The average Bonchev–Trinajstić information content (AvgIpc) is 2.76. The molecule has 462 valence electrons. The van der Waals surface area contributed by atoms with E-state index in [0.29, 0.717) is 19.3 Å². The third kappa shape index (κ3) is 16.2. The zero-order chi connectivity index (χ0) is 62.1. The van der Waals surface area contributed by atoms with E-state index < -0.39 is 112 Å². The summed E-state index contributed by atoms with van der Waals surface area (Å²) in [4.78, 5) is 133. The van der Waals surface area contributed by atoms with Crippen LogP contribution in [0.1, 0.15) is 192 Å². The second-order valence-electron chi connectivity index (χ2n) is 26.1. The van der Waals surface area contributed by atoms with Gasteiger partial charge in [0.15, 0.2) is 0 Å². The molecular weight excluding hydrogens is 1080 g/mol. The molecule has 0 radical (unpaired) electrons. The highest BCUT2D eigenvalue weighted by atomic mass is 16.2. The lowest BCUT2D eigenvalue weighted by Crippen LogP contribution is -2.59. The normalized spacial score (nSPS) is 22.0. The van der Waals surface area contributed by atoms with E-state index in [0.717, 1.165) is 60.8 Å². The van der Waals surface area contributed by atoms with E-state index in [9.17, 15) is 43.2 Å². The summed E-state index contributed by atoms with van der Waals surface area (Å²) < 4.78 is 0. The lowest BCUT2D eigenvalue weighted by molar-refractivity contribution is -0.144. The van der Waals surface area contributed by atoms with Crippen LogP contribution >= 0.6 is 0 Å². The molecule has 4 aliphatic rings. The summed E-state index contributed by atoms with van der Waals surface area (Å²) in [5, 5.41) is 27.2. The van der Waals surface area contributed by atoms with Crippen molar-refractivity contribution >= 4 is 53.2 Å². The van der Waals surface area contributed by atoms with E-state index in [-0.39, 0.29) is 60.7 Å². The first-order valence-corrected chi connectivity index (χ1v) is 30.6. The van der Waals surface area contributed by atoms with Gasteiger partial charge in [0.25, 0.3) is 17.7 Å². The molecule has 0 spiro atoms. The molecule has 85 heavy (non-hydrogen) atoms. The number of unbranched alkanes of at least 4 members (excludes halogenated alkanes) is 1. The molecule has 3 aromatic rings. The van der Waals surface area contributed by atoms with Gasteiger partial charge >= 0.3 is 0 Å². The van der Waals surface area contributed by atoms with Gasteiger partial charge in [-0.15, -0.1) is 0 Å². The van der Waals surface area contributed by atoms with Crippen molar-refractivity contribution in [2.24, 2.45) is 10.8 Å². The number of fused-ring (bicyclic) bond motifs is 2. The second-order valence-corrected chi connectivity index (χ2v) is 26.1. The highest BCUT2D eigenvalue weighted by molar-refractivity contribution is 6.05. The summed E-state index contributed by atoms with van der Waals surface area (Å²) in [5.41, 5.74) is 2.64. The molecule has 0 unspecified atom stereocenters. The van der Waals surface area contributed by atoms with E-state index in [1.54, 1.807) is 27.9 Å². The minimum Gasteiger partial charge on any atom is -0.350 e. The number of benzene rings is 3. The summed E-state index contributed by atoms with van der Waals surface area (Å²) in [6, 6.07) is 12.2. The molecule has 2 saturated heterocycles. The first-order chi connectivity index (χ1) is 40.2. The number of nitrogens with one attached hydrogen (secondary N) is 9. The van der Waals surface area contributed by atoms with Crippen molar-refractivity contribution in [3.8, 4) is 0 Å². The molecule has 2 fully saturated rings. The van der Waals surface area contributed by atoms with Crippen molar-refractivity contribution in [2.45, 2.75) is 206 Å². The summed E-state index contributed by atoms with van der Waals surface area (Å²) in [5.74, 6) is -4.46. The molecule has 9 amide bonds. The van der Waals surface area contributed by atoms with Crippen LogP contribution in [-0.4, -0.2) is 145 Å². The van der Waals surface area contributed by atoms with Gasteiger partial charge in [-0.25, -0.2) is 0 Å². The summed E-state index contributed by atoms with van der Waals surface area (Å²) in [7, 11) is 3.28. The molecular formula is C65H93N11O9. The van der Waals surface area contributed by atoms with Crippen LogP contribution in [0, 0.1) is 10.8 Å². The Morgan fingerprint density at radius 3 is 1.31 bits per heavy atom. The first kappa shape index (κ1) is 65.4. The minimum absolute atomic E-state index is 0.0189. The van der Waals surface area contributed by atoms with Crippen LogP contribution in [0.4, 0.5) is 0 Å². The minimum atomic E-state index is -1.05. The Labute approximate surface area is 502 Å². The predicted octanol–water partition coefficient (Wildman–Crippen LogP) is 5.06. The summed E-state index contributed by atoms with van der Waals surface area (Å²) >= 11 is 0. The fourth-order valence-corrected chi connectivity index (χ4v) is 12.1. The molecule has 0 saturated carbocycles. The van der Waals surface area contributed by atoms with Crippen LogP contribution < -0.4 is 47.9 Å². The largest absolute Gasteiger partial charge is 0.350 e. The smallest absolute Gasteiger partial charge is 0.251 e. The highest BCUT2D eigenvalue weighted by Gasteiger charge is 2.48. The number of likely N-dealkylation sites (tertiary alicyclic amines) is 2. The molecule has 9 N–H and O–H groups in total. The number of carbonyl (C=O) groups is 9. The van der Waals surface area contributed by atoms with Gasteiger partial charge in [-0.05, 0) is 144 Å². The number of aryl methyl sites for hydroxylation is 2.